The number of rotatable bonds is 4. The number of phenols is 1. The van der Waals surface area contributed by atoms with Gasteiger partial charge in [-0.3, -0.25) is 4.79 Å². The summed E-state index contributed by atoms with van der Waals surface area (Å²) in [5.74, 6) is 0.171. The average Bonchev–Trinajstić information content (AvgIpc) is 2.28. The number of amides is 1. The van der Waals surface area contributed by atoms with Gasteiger partial charge in [0.2, 0.25) is 0 Å². The van der Waals surface area contributed by atoms with Crippen molar-refractivity contribution in [3.63, 3.8) is 0 Å². The van der Waals surface area contributed by atoms with Gasteiger partial charge >= 0.3 is 0 Å². The van der Waals surface area contributed by atoms with Crippen LogP contribution in [0.15, 0.2) is 30.9 Å². The summed E-state index contributed by atoms with van der Waals surface area (Å²) in [6.07, 6.45) is 1.71. The van der Waals surface area contributed by atoms with E-state index in [4.69, 9.17) is 0 Å². The quantitative estimate of drug-likeness (QED) is 0.812. The van der Waals surface area contributed by atoms with Crippen LogP contribution in [-0.4, -0.2) is 28.5 Å². The summed E-state index contributed by atoms with van der Waals surface area (Å²) >= 11 is 0. The Balaban J connectivity index is 3.00. The Morgan fingerprint density at radius 1 is 1.53 bits per heavy atom. The zero-order valence-electron chi connectivity index (χ0n) is 10.6. The largest absolute Gasteiger partial charge is 0.508 e. The van der Waals surface area contributed by atoms with Gasteiger partial charge in [-0.1, -0.05) is 6.08 Å². The van der Waals surface area contributed by atoms with Crippen molar-refractivity contribution in [1.29, 1.82) is 0 Å². The van der Waals surface area contributed by atoms with Crippen LogP contribution in [0, 0.1) is 6.92 Å². The van der Waals surface area contributed by atoms with Crippen molar-refractivity contribution in [1.82, 2.24) is 4.90 Å². The van der Waals surface area contributed by atoms with Crippen molar-refractivity contribution >= 4 is 5.91 Å². The number of phenolic OH excluding ortho intramolecular Hbond substituents is 1. The van der Waals surface area contributed by atoms with E-state index in [2.05, 4.69) is 6.58 Å². The molecule has 17 heavy (non-hydrogen) atoms. The van der Waals surface area contributed by atoms with E-state index >= 15 is 0 Å². The summed E-state index contributed by atoms with van der Waals surface area (Å²) in [5.41, 5.74) is 1.30. The standard InChI is InChI=1S/C14H19NO2/c1-5-8-15(10(2)3)14(17)12-6-7-13(16)11(4)9-12/h5-7,9-10,16H,1,8H2,2-4H3. The van der Waals surface area contributed by atoms with Gasteiger partial charge in [-0.15, -0.1) is 6.58 Å². The van der Waals surface area contributed by atoms with Gasteiger partial charge in [-0.25, -0.2) is 0 Å². The average molecular weight is 233 g/mol. The summed E-state index contributed by atoms with van der Waals surface area (Å²) in [4.78, 5) is 14.0. The molecule has 1 aromatic carbocycles. The van der Waals surface area contributed by atoms with E-state index in [1.54, 1.807) is 36.1 Å². The van der Waals surface area contributed by atoms with Gasteiger partial charge in [-0.2, -0.15) is 0 Å². The third kappa shape index (κ3) is 3.09. The molecule has 0 spiro atoms. The van der Waals surface area contributed by atoms with Crippen molar-refractivity contribution in [3.8, 4) is 5.75 Å². The van der Waals surface area contributed by atoms with E-state index in [9.17, 15) is 9.90 Å². The number of carbonyl (C=O) groups excluding carboxylic acids is 1. The van der Waals surface area contributed by atoms with E-state index < -0.39 is 0 Å². The predicted octanol–water partition coefficient (Wildman–Crippen LogP) is 2.74. The van der Waals surface area contributed by atoms with Crippen LogP contribution in [0.4, 0.5) is 0 Å². The number of aromatic hydroxyl groups is 1. The van der Waals surface area contributed by atoms with E-state index in [0.717, 1.165) is 0 Å². The zero-order chi connectivity index (χ0) is 13.0. The van der Waals surface area contributed by atoms with Crippen LogP contribution >= 0.6 is 0 Å². The molecule has 0 saturated carbocycles. The minimum atomic E-state index is -0.0389. The Labute approximate surface area is 102 Å². The van der Waals surface area contributed by atoms with E-state index in [-0.39, 0.29) is 17.7 Å². The van der Waals surface area contributed by atoms with Crippen LogP contribution < -0.4 is 0 Å². The highest BCUT2D eigenvalue weighted by Crippen LogP contribution is 2.18. The summed E-state index contributed by atoms with van der Waals surface area (Å²) in [5, 5.41) is 9.44. The molecule has 0 bridgehead atoms. The number of carbonyl (C=O) groups is 1. The number of hydrogen-bond donors (Lipinski definition) is 1. The van der Waals surface area contributed by atoms with Crippen molar-refractivity contribution in [2.24, 2.45) is 0 Å². The zero-order valence-corrected chi connectivity index (χ0v) is 10.6. The first-order valence-electron chi connectivity index (χ1n) is 5.68. The first kappa shape index (κ1) is 13.3. The van der Waals surface area contributed by atoms with E-state index in [0.29, 0.717) is 17.7 Å². The van der Waals surface area contributed by atoms with Crippen molar-refractivity contribution < 1.29 is 9.90 Å². The van der Waals surface area contributed by atoms with Gasteiger partial charge in [0, 0.05) is 18.2 Å². The highest BCUT2D eigenvalue weighted by molar-refractivity contribution is 5.94. The third-order valence-corrected chi connectivity index (χ3v) is 2.65. The monoisotopic (exact) mass is 233 g/mol. The molecule has 0 radical (unpaired) electrons. The van der Waals surface area contributed by atoms with Crippen LogP contribution in [0.25, 0.3) is 0 Å². The second-order valence-electron chi connectivity index (χ2n) is 4.34. The molecular formula is C14H19NO2. The normalized spacial score (nSPS) is 10.4. The molecule has 0 aliphatic rings. The Bertz CT molecular complexity index is 424. The van der Waals surface area contributed by atoms with Gasteiger partial charge in [0.25, 0.3) is 5.91 Å². The van der Waals surface area contributed by atoms with Crippen LogP contribution in [-0.2, 0) is 0 Å². The van der Waals surface area contributed by atoms with Gasteiger partial charge in [-0.05, 0) is 44.5 Å². The minimum Gasteiger partial charge on any atom is -0.508 e. The predicted molar refractivity (Wildman–Crippen MR) is 69.2 cm³/mol. The number of benzene rings is 1. The Morgan fingerprint density at radius 3 is 2.65 bits per heavy atom. The smallest absolute Gasteiger partial charge is 0.254 e. The van der Waals surface area contributed by atoms with Crippen LogP contribution in [0.1, 0.15) is 29.8 Å². The number of aryl methyl sites for hydroxylation is 1. The van der Waals surface area contributed by atoms with Crippen LogP contribution in [0.5, 0.6) is 5.75 Å². The van der Waals surface area contributed by atoms with Crippen LogP contribution in [0.3, 0.4) is 0 Å². The second kappa shape index (κ2) is 5.53. The highest BCUT2D eigenvalue weighted by atomic mass is 16.3. The van der Waals surface area contributed by atoms with E-state index in [1.165, 1.54) is 0 Å². The molecule has 0 atom stereocenters. The minimum absolute atomic E-state index is 0.0389. The SMILES string of the molecule is C=CCN(C(=O)c1ccc(O)c(C)c1)C(C)C. The van der Waals surface area contributed by atoms with Crippen LogP contribution in [0.2, 0.25) is 0 Å². The molecule has 92 valence electrons. The first-order chi connectivity index (χ1) is 7.97. The molecule has 3 nitrogen and oxygen atoms in total. The van der Waals surface area contributed by atoms with Crippen molar-refractivity contribution in [3.05, 3.63) is 42.0 Å². The molecule has 1 rings (SSSR count). The summed E-state index contributed by atoms with van der Waals surface area (Å²) in [6.45, 7) is 9.89. The Kier molecular flexibility index (Phi) is 4.32. The molecule has 0 heterocycles. The molecule has 0 saturated heterocycles. The molecule has 0 fully saturated rings. The maximum atomic E-state index is 12.2. The lowest BCUT2D eigenvalue weighted by atomic mass is 10.1. The second-order valence-corrected chi connectivity index (χ2v) is 4.34. The maximum Gasteiger partial charge on any atom is 0.254 e. The van der Waals surface area contributed by atoms with Crippen molar-refractivity contribution in [2.45, 2.75) is 26.8 Å². The lowest BCUT2D eigenvalue weighted by Crippen LogP contribution is -2.37. The fourth-order valence-corrected chi connectivity index (χ4v) is 1.62. The molecular weight excluding hydrogens is 214 g/mol. The molecule has 1 N–H and O–H groups in total. The molecule has 0 unspecified atom stereocenters. The fourth-order valence-electron chi connectivity index (χ4n) is 1.62. The van der Waals surface area contributed by atoms with Gasteiger partial charge in [0.05, 0.1) is 0 Å². The molecule has 1 aromatic rings. The summed E-state index contributed by atoms with van der Waals surface area (Å²) in [7, 11) is 0. The first-order valence-corrected chi connectivity index (χ1v) is 5.68. The Hall–Kier alpha value is -1.77. The lowest BCUT2D eigenvalue weighted by Gasteiger charge is -2.25. The topological polar surface area (TPSA) is 40.5 Å². The summed E-state index contributed by atoms with van der Waals surface area (Å²) < 4.78 is 0. The number of nitrogens with zero attached hydrogens (tertiary/aromatic N) is 1. The molecule has 3 heteroatoms. The number of hydrogen-bond acceptors (Lipinski definition) is 2. The molecule has 0 aliphatic carbocycles. The molecule has 0 aromatic heterocycles. The lowest BCUT2D eigenvalue weighted by molar-refractivity contribution is 0.0728. The maximum absolute atomic E-state index is 12.2. The molecule has 1 amide bonds. The summed E-state index contributed by atoms with van der Waals surface area (Å²) in [6, 6.07) is 5.02. The van der Waals surface area contributed by atoms with Crippen molar-refractivity contribution in [2.75, 3.05) is 6.54 Å². The van der Waals surface area contributed by atoms with Gasteiger partial charge in [0.1, 0.15) is 5.75 Å². The van der Waals surface area contributed by atoms with Gasteiger partial charge in [0.15, 0.2) is 0 Å². The molecule has 0 aliphatic heterocycles. The van der Waals surface area contributed by atoms with Gasteiger partial charge < -0.3 is 10.0 Å². The van der Waals surface area contributed by atoms with E-state index in [1.807, 2.05) is 13.8 Å². The fraction of sp³-hybridized carbons (Fsp3) is 0.357. The third-order valence-electron chi connectivity index (χ3n) is 2.65. The Morgan fingerprint density at radius 2 is 2.18 bits per heavy atom. The highest BCUT2D eigenvalue weighted by Gasteiger charge is 2.17.